The van der Waals surface area contributed by atoms with Gasteiger partial charge in [0, 0.05) is 23.6 Å². The monoisotopic (exact) mass is 589 g/mol. The zero-order valence-electron chi connectivity index (χ0n) is 22.6. The molecule has 1 atom stereocenters. The molecule has 2 amide bonds. The van der Waals surface area contributed by atoms with Crippen molar-refractivity contribution < 1.29 is 18.0 Å². The minimum absolute atomic E-state index is 0.0197. The van der Waals surface area contributed by atoms with Crippen LogP contribution in [0.1, 0.15) is 43.4 Å². The van der Waals surface area contributed by atoms with Crippen LogP contribution in [0, 0.1) is 6.92 Å². The Morgan fingerprint density at radius 3 is 2.08 bits per heavy atom. The Morgan fingerprint density at radius 2 is 1.54 bits per heavy atom. The molecule has 0 aliphatic heterocycles. The van der Waals surface area contributed by atoms with E-state index >= 15 is 0 Å². The third-order valence-electron chi connectivity index (χ3n) is 6.51. The topological polar surface area (TPSA) is 86.8 Å². The normalized spacial score (nSPS) is 12.2. The van der Waals surface area contributed by atoms with E-state index in [1.165, 1.54) is 24.1 Å². The molecule has 0 aromatic heterocycles. The molecule has 3 aromatic carbocycles. The van der Waals surface area contributed by atoms with Crippen molar-refractivity contribution >= 4 is 50.7 Å². The number of carbonyl (C=O) groups excluding carboxylic acids is 2. The average molecular weight is 591 g/mol. The number of nitrogens with one attached hydrogen (secondary N) is 1. The SMILES string of the molecule is CNC(=O)C(C)N(Cc1ccc(Cl)cc1Cl)C(=O)CN(c1ccc(C(C)C)cc1)S(=O)(=O)c1ccc(C)cc1. The van der Waals surface area contributed by atoms with Crippen molar-refractivity contribution in [1.29, 1.82) is 0 Å². The predicted octanol–water partition coefficient (Wildman–Crippen LogP) is 5.78. The highest BCUT2D eigenvalue weighted by Gasteiger charge is 2.32. The highest BCUT2D eigenvalue weighted by atomic mass is 35.5. The van der Waals surface area contributed by atoms with Gasteiger partial charge in [0.15, 0.2) is 0 Å². The Labute approximate surface area is 240 Å². The summed E-state index contributed by atoms with van der Waals surface area (Å²) in [6.45, 7) is 6.98. The Morgan fingerprint density at radius 1 is 0.923 bits per heavy atom. The van der Waals surface area contributed by atoms with Crippen LogP contribution in [0.2, 0.25) is 10.0 Å². The lowest BCUT2D eigenvalue weighted by Crippen LogP contribution is -2.50. The van der Waals surface area contributed by atoms with Crippen LogP contribution in [0.25, 0.3) is 0 Å². The molecule has 208 valence electrons. The highest BCUT2D eigenvalue weighted by molar-refractivity contribution is 7.92. The number of sulfonamides is 1. The Kier molecular flexibility index (Phi) is 10.0. The number of carbonyl (C=O) groups is 2. The summed E-state index contributed by atoms with van der Waals surface area (Å²) in [5.74, 6) is -0.723. The second-order valence-corrected chi connectivity index (χ2v) is 12.3. The van der Waals surface area contributed by atoms with Gasteiger partial charge in [-0.3, -0.25) is 13.9 Å². The maximum atomic E-state index is 13.9. The minimum Gasteiger partial charge on any atom is -0.357 e. The average Bonchev–Trinajstić information content (AvgIpc) is 2.90. The molecule has 0 saturated carbocycles. The highest BCUT2D eigenvalue weighted by Crippen LogP contribution is 2.28. The van der Waals surface area contributed by atoms with Gasteiger partial charge in [-0.2, -0.15) is 0 Å². The summed E-state index contributed by atoms with van der Waals surface area (Å²) in [6.07, 6.45) is 0. The first-order chi connectivity index (χ1) is 18.3. The number of halogens is 2. The fourth-order valence-electron chi connectivity index (χ4n) is 4.02. The molecule has 0 radical (unpaired) electrons. The second-order valence-electron chi connectivity index (χ2n) is 9.62. The van der Waals surface area contributed by atoms with Crippen LogP contribution >= 0.6 is 23.2 Å². The van der Waals surface area contributed by atoms with E-state index in [-0.39, 0.29) is 17.4 Å². The van der Waals surface area contributed by atoms with Crippen molar-refractivity contribution in [3.8, 4) is 0 Å². The standard InChI is InChI=1S/C29H33Cl2N3O4S/c1-19(2)22-9-12-25(13-10-22)34(39(37,38)26-14-6-20(3)7-15-26)18-28(35)33(21(4)29(36)32-5)17-23-8-11-24(30)16-27(23)31/h6-16,19,21H,17-18H2,1-5H3,(H,32,36). The largest absolute Gasteiger partial charge is 0.357 e. The number of hydrogen-bond acceptors (Lipinski definition) is 4. The number of rotatable bonds is 10. The molecule has 3 aromatic rings. The zero-order chi connectivity index (χ0) is 28.9. The molecular weight excluding hydrogens is 557 g/mol. The summed E-state index contributed by atoms with van der Waals surface area (Å²) in [7, 11) is -2.66. The third-order valence-corrected chi connectivity index (χ3v) is 8.88. The maximum absolute atomic E-state index is 13.9. The first-order valence-electron chi connectivity index (χ1n) is 12.5. The summed E-state index contributed by atoms with van der Waals surface area (Å²) in [5.41, 5.74) is 2.85. The zero-order valence-corrected chi connectivity index (χ0v) is 24.9. The van der Waals surface area contributed by atoms with Crippen molar-refractivity contribution in [2.75, 3.05) is 17.9 Å². The van der Waals surface area contributed by atoms with Crippen LogP contribution in [0.15, 0.2) is 71.6 Å². The van der Waals surface area contributed by atoms with Crippen molar-refractivity contribution in [2.24, 2.45) is 0 Å². The summed E-state index contributed by atoms with van der Waals surface area (Å²) in [6, 6.07) is 17.5. The molecule has 1 unspecified atom stereocenters. The fraction of sp³-hybridized carbons (Fsp3) is 0.310. The van der Waals surface area contributed by atoms with Crippen LogP contribution in [0.3, 0.4) is 0 Å². The molecule has 0 bridgehead atoms. The van der Waals surface area contributed by atoms with Gasteiger partial charge < -0.3 is 10.2 Å². The molecule has 10 heteroatoms. The third kappa shape index (κ3) is 7.32. The van der Waals surface area contributed by atoms with Crippen molar-refractivity contribution in [3.63, 3.8) is 0 Å². The van der Waals surface area contributed by atoms with E-state index in [0.29, 0.717) is 21.3 Å². The van der Waals surface area contributed by atoms with Crippen LogP contribution in [-0.4, -0.2) is 44.8 Å². The first kappa shape index (κ1) is 30.5. The van der Waals surface area contributed by atoms with E-state index in [2.05, 4.69) is 5.32 Å². The molecule has 3 rings (SSSR count). The van der Waals surface area contributed by atoms with Gasteiger partial charge in [0.2, 0.25) is 11.8 Å². The first-order valence-corrected chi connectivity index (χ1v) is 14.7. The number of amides is 2. The van der Waals surface area contributed by atoms with Crippen LogP contribution < -0.4 is 9.62 Å². The summed E-state index contributed by atoms with van der Waals surface area (Å²) in [4.78, 5) is 27.8. The van der Waals surface area contributed by atoms with Crippen molar-refractivity contribution in [2.45, 2.75) is 51.1 Å². The van der Waals surface area contributed by atoms with Crippen LogP contribution in [-0.2, 0) is 26.2 Å². The van der Waals surface area contributed by atoms with Gasteiger partial charge >= 0.3 is 0 Å². The lowest BCUT2D eigenvalue weighted by molar-refractivity contribution is -0.139. The molecule has 39 heavy (non-hydrogen) atoms. The lowest BCUT2D eigenvalue weighted by Gasteiger charge is -2.32. The van der Waals surface area contributed by atoms with Gasteiger partial charge in [0.05, 0.1) is 10.6 Å². The number of nitrogens with zero attached hydrogens (tertiary/aromatic N) is 2. The molecule has 0 aliphatic carbocycles. The van der Waals surface area contributed by atoms with Gasteiger partial charge in [-0.1, -0.05) is 72.9 Å². The van der Waals surface area contributed by atoms with E-state index < -0.39 is 34.4 Å². The van der Waals surface area contributed by atoms with Gasteiger partial charge in [-0.25, -0.2) is 8.42 Å². The molecule has 7 nitrogen and oxygen atoms in total. The van der Waals surface area contributed by atoms with Gasteiger partial charge in [0.25, 0.3) is 10.0 Å². The summed E-state index contributed by atoms with van der Waals surface area (Å²) >= 11 is 12.4. The number of likely N-dealkylation sites (N-methyl/N-ethyl adjacent to an activating group) is 1. The predicted molar refractivity (Wildman–Crippen MR) is 157 cm³/mol. The summed E-state index contributed by atoms with van der Waals surface area (Å²) in [5, 5.41) is 3.32. The number of anilines is 1. The molecule has 1 N–H and O–H groups in total. The fourth-order valence-corrected chi connectivity index (χ4v) is 5.90. The van der Waals surface area contributed by atoms with E-state index in [1.807, 2.05) is 32.9 Å². The lowest BCUT2D eigenvalue weighted by atomic mass is 10.0. The van der Waals surface area contributed by atoms with Crippen molar-refractivity contribution in [3.05, 3.63) is 93.5 Å². The van der Waals surface area contributed by atoms with Crippen LogP contribution in [0.4, 0.5) is 5.69 Å². The molecule has 0 spiro atoms. The molecule has 0 fully saturated rings. The molecule has 0 heterocycles. The van der Waals surface area contributed by atoms with Gasteiger partial charge in [-0.05, 0) is 67.3 Å². The van der Waals surface area contributed by atoms with E-state index in [4.69, 9.17) is 23.2 Å². The van der Waals surface area contributed by atoms with Crippen molar-refractivity contribution in [1.82, 2.24) is 10.2 Å². The Balaban J connectivity index is 2.06. The Bertz CT molecular complexity index is 1430. The van der Waals surface area contributed by atoms with E-state index in [1.54, 1.807) is 49.4 Å². The summed E-state index contributed by atoms with van der Waals surface area (Å²) < 4.78 is 28.8. The Hall–Kier alpha value is -3.07. The molecule has 0 saturated heterocycles. The van der Waals surface area contributed by atoms with Gasteiger partial charge in [-0.15, -0.1) is 0 Å². The number of aryl methyl sites for hydroxylation is 1. The number of benzene rings is 3. The minimum atomic E-state index is -4.13. The quantitative estimate of drug-likeness (QED) is 0.324. The van der Waals surface area contributed by atoms with E-state index in [9.17, 15) is 18.0 Å². The van der Waals surface area contributed by atoms with Gasteiger partial charge in [0.1, 0.15) is 12.6 Å². The molecular formula is C29H33Cl2N3O4S. The molecule has 0 aliphatic rings. The smallest absolute Gasteiger partial charge is 0.264 e. The van der Waals surface area contributed by atoms with E-state index in [0.717, 1.165) is 15.4 Å². The maximum Gasteiger partial charge on any atom is 0.264 e. The van der Waals surface area contributed by atoms with Crippen LogP contribution in [0.5, 0.6) is 0 Å². The second kappa shape index (κ2) is 12.9. The number of hydrogen-bond donors (Lipinski definition) is 1.